The first kappa shape index (κ1) is 17.3. The van der Waals surface area contributed by atoms with Crippen molar-refractivity contribution < 1.29 is 9.59 Å². The van der Waals surface area contributed by atoms with E-state index in [0.29, 0.717) is 32.5 Å². The molecule has 6 heteroatoms. The topological polar surface area (TPSA) is 64.7 Å². The van der Waals surface area contributed by atoms with Gasteiger partial charge < -0.3 is 15.5 Å². The minimum Gasteiger partial charge on any atom is -0.369 e. The van der Waals surface area contributed by atoms with Crippen molar-refractivity contribution in [2.24, 2.45) is 5.92 Å². The van der Waals surface area contributed by atoms with Crippen molar-refractivity contribution in [3.63, 3.8) is 0 Å². The molecule has 6 nitrogen and oxygen atoms in total. The molecule has 140 valence electrons. The predicted octanol–water partition coefficient (Wildman–Crippen LogP) is 2.14. The Kier molecular flexibility index (Phi) is 4.61. The van der Waals surface area contributed by atoms with Crippen LogP contribution in [0.5, 0.6) is 0 Å². The van der Waals surface area contributed by atoms with Gasteiger partial charge in [0.2, 0.25) is 11.8 Å². The average Bonchev–Trinajstić information content (AvgIpc) is 2.65. The molecular formula is C20H28N4O2. The normalized spacial score (nSPS) is 23.3. The molecule has 2 N–H and O–H groups in total. The van der Waals surface area contributed by atoms with E-state index in [2.05, 4.69) is 22.5 Å². The molecular weight excluding hydrogens is 328 g/mol. The number of anilines is 2. The zero-order chi connectivity index (χ0) is 18.1. The molecule has 2 fully saturated rings. The van der Waals surface area contributed by atoms with Crippen LogP contribution in [0.1, 0.15) is 32.6 Å². The van der Waals surface area contributed by atoms with E-state index in [1.54, 1.807) is 0 Å². The Labute approximate surface area is 154 Å². The van der Waals surface area contributed by atoms with Crippen LogP contribution in [0.4, 0.5) is 11.4 Å². The molecule has 0 saturated carbocycles. The van der Waals surface area contributed by atoms with Crippen LogP contribution in [0.3, 0.4) is 0 Å². The average molecular weight is 356 g/mol. The van der Waals surface area contributed by atoms with Crippen molar-refractivity contribution in [2.75, 3.05) is 43.4 Å². The van der Waals surface area contributed by atoms with Crippen LogP contribution in [-0.2, 0) is 9.59 Å². The van der Waals surface area contributed by atoms with Crippen LogP contribution in [0.2, 0.25) is 0 Å². The van der Waals surface area contributed by atoms with Gasteiger partial charge in [0.25, 0.3) is 0 Å². The highest BCUT2D eigenvalue weighted by Crippen LogP contribution is 2.36. The number of piperidine rings is 2. The highest BCUT2D eigenvalue weighted by Gasteiger charge is 2.45. The third kappa shape index (κ3) is 3.30. The summed E-state index contributed by atoms with van der Waals surface area (Å²) in [5, 5.41) is 6.47. The van der Waals surface area contributed by atoms with Crippen LogP contribution in [-0.4, -0.2) is 59.9 Å². The molecule has 0 bridgehead atoms. The maximum atomic E-state index is 12.7. The number of hydrogen-bond acceptors (Lipinski definition) is 4. The van der Waals surface area contributed by atoms with Crippen LogP contribution < -0.4 is 10.6 Å². The van der Waals surface area contributed by atoms with Gasteiger partial charge in [0.05, 0.1) is 17.9 Å². The molecule has 26 heavy (non-hydrogen) atoms. The number of likely N-dealkylation sites (tertiary alicyclic amines) is 2. The number of nitrogens with one attached hydrogen (secondary N) is 2. The molecule has 3 heterocycles. The highest BCUT2D eigenvalue weighted by atomic mass is 16.2. The molecule has 3 aliphatic rings. The third-order valence-electron chi connectivity index (χ3n) is 6.19. The lowest BCUT2D eigenvalue weighted by Gasteiger charge is -2.44. The van der Waals surface area contributed by atoms with Gasteiger partial charge in [-0.05, 0) is 56.8 Å². The molecule has 0 atom stereocenters. The maximum Gasteiger partial charge on any atom is 0.250 e. The fourth-order valence-electron chi connectivity index (χ4n) is 4.26. The van der Waals surface area contributed by atoms with E-state index in [4.69, 9.17) is 0 Å². The molecule has 2 saturated heterocycles. The Hall–Kier alpha value is -2.08. The second-order valence-corrected chi connectivity index (χ2v) is 8.05. The van der Waals surface area contributed by atoms with Gasteiger partial charge in [0.15, 0.2) is 0 Å². The van der Waals surface area contributed by atoms with Gasteiger partial charge in [-0.2, -0.15) is 0 Å². The van der Waals surface area contributed by atoms with E-state index in [1.165, 1.54) is 12.8 Å². The van der Waals surface area contributed by atoms with Crippen molar-refractivity contribution in [3.05, 3.63) is 24.3 Å². The van der Waals surface area contributed by atoms with Crippen molar-refractivity contribution in [3.8, 4) is 0 Å². The van der Waals surface area contributed by atoms with Crippen molar-refractivity contribution in [2.45, 2.75) is 38.1 Å². The Morgan fingerprint density at radius 2 is 1.77 bits per heavy atom. The molecule has 4 rings (SSSR count). The number of fused-ring (bicyclic) bond motifs is 1. The molecule has 0 radical (unpaired) electrons. The van der Waals surface area contributed by atoms with Crippen molar-refractivity contribution >= 4 is 23.2 Å². The quantitative estimate of drug-likeness (QED) is 0.852. The molecule has 0 aromatic heterocycles. The van der Waals surface area contributed by atoms with Crippen molar-refractivity contribution in [1.82, 2.24) is 9.80 Å². The second-order valence-electron chi connectivity index (χ2n) is 8.05. The van der Waals surface area contributed by atoms with Gasteiger partial charge in [0, 0.05) is 13.1 Å². The minimum atomic E-state index is -0.592. The summed E-state index contributed by atoms with van der Waals surface area (Å²) in [6.45, 7) is 6.10. The lowest BCUT2D eigenvalue weighted by atomic mass is 9.84. The molecule has 3 aliphatic heterocycles. The maximum absolute atomic E-state index is 12.7. The molecule has 0 unspecified atom stereocenters. The van der Waals surface area contributed by atoms with Crippen LogP contribution in [0.25, 0.3) is 0 Å². The summed E-state index contributed by atoms with van der Waals surface area (Å²) in [6, 6.07) is 7.78. The largest absolute Gasteiger partial charge is 0.369 e. The Bertz CT molecular complexity index is 689. The first-order chi connectivity index (χ1) is 12.6. The van der Waals surface area contributed by atoms with Gasteiger partial charge >= 0.3 is 0 Å². The molecule has 1 spiro atoms. The zero-order valence-electron chi connectivity index (χ0n) is 15.5. The summed E-state index contributed by atoms with van der Waals surface area (Å²) < 4.78 is 0. The SMILES string of the molecule is CC1CCN(CC(=O)N2CCC3(CC2)Nc2ccccc2NC3=O)CC1. The van der Waals surface area contributed by atoms with Gasteiger partial charge in [-0.1, -0.05) is 19.1 Å². The number of para-hydroxylation sites is 2. The van der Waals surface area contributed by atoms with Gasteiger partial charge in [-0.15, -0.1) is 0 Å². The number of carbonyl (C=O) groups is 2. The number of rotatable bonds is 2. The predicted molar refractivity (Wildman–Crippen MR) is 102 cm³/mol. The van der Waals surface area contributed by atoms with E-state index in [-0.39, 0.29) is 11.8 Å². The zero-order valence-corrected chi connectivity index (χ0v) is 15.5. The highest BCUT2D eigenvalue weighted by molar-refractivity contribution is 6.06. The Balaban J connectivity index is 1.35. The smallest absolute Gasteiger partial charge is 0.250 e. The molecule has 2 amide bonds. The molecule has 0 aliphatic carbocycles. The number of carbonyl (C=O) groups excluding carboxylic acids is 2. The van der Waals surface area contributed by atoms with Gasteiger partial charge in [-0.3, -0.25) is 14.5 Å². The Morgan fingerprint density at radius 3 is 2.46 bits per heavy atom. The minimum absolute atomic E-state index is 0.0216. The second kappa shape index (κ2) is 6.91. The standard InChI is InChI=1S/C20H28N4O2/c1-15-6-10-23(11-7-15)14-18(25)24-12-8-20(9-13-24)19(26)21-16-4-2-3-5-17(16)22-20/h2-5,15,22H,6-14H2,1H3,(H,21,26). The lowest BCUT2D eigenvalue weighted by Crippen LogP contribution is -2.59. The fraction of sp³-hybridized carbons (Fsp3) is 0.600. The van der Waals surface area contributed by atoms with Crippen LogP contribution >= 0.6 is 0 Å². The molecule has 1 aromatic rings. The molecule has 1 aromatic carbocycles. The van der Waals surface area contributed by atoms with E-state index >= 15 is 0 Å². The number of amides is 2. The van der Waals surface area contributed by atoms with Crippen LogP contribution in [0.15, 0.2) is 24.3 Å². The summed E-state index contributed by atoms with van der Waals surface area (Å²) in [5.41, 5.74) is 1.21. The summed E-state index contributed by atoms with van der Waals surface area (Å²) in [6.07, 6.45) is 3.66. The Morgan fingerprint density at radius 1 is 1.12 bits per heavy atom. The number of hydrogen-bond donors (Lipinski definition) is 2. The first-order valence-electron chi connectivity index (χ1n) is 9.74. The fourth-order valence-corrected chi connectivity index (χ4v) is 4.26. The summed E-state index contributed by atoms with van der Waals surface area (Å²) in [7, 11) is 0. The summed E-state index contributed by atoms with van der Waals surface area (Å²) >= 11 is 0. The van der Waals surface area contributed by atoms with E-state index in [9.17, 15) is 9.59 Å². The van der Waals surface area contributed by atoms with E-state index in [0.717, 1.165) is 30.4 Å². The summed E-state index contributed by atoms with van der Waals surface area (Å²) in [5.74, 6) is 0.995. The monoisotopic (exact) mass is 356 g/mol. The van der Waals surface area contributed by atoms with E-state index in [1.807, 2.05) is 29.2 Å². The van der Waals surface area contributed by atoms with Crippen LogP contribution in [0, 0.1) is 5.92 Å². The lowest BCUT2D eigenvalue weighted by molar-refractivity contribution is -0.136. The van der Waals surface area contributed by atoms with E-state index < -0.39 is 5.54 Å². The third-order valence-corrected chi connectivity index (χ3v) is 6.19. The number of nitrogens with zero attached hydrogens (tertiary/aromatic N) is 2. The van der Waals surface area contributed by atoms with Gasteiger partial charge in [-0.25, -0.2) is 0 Å². The van der Waals surface area contributed by atoms with Gasteiger partial charge in [0.1, 0.15) is 5.54 Å². The number of benzene rings is 1. The van der Waals surface area contributed by atoms with Crippen molar-refractivity contribution in [1.29, 1.82) is 0 Å². The first-order valence-corrected chi connectivity index (χ1v) is 9.74. The summed E-state index contributed by atoms with van der Waals surface area (Å²) in [4.78, 5) is 29.5.